The highest BCUT2D eigenvalue weighted by Crippen LogP contribution is 2.09. The van der Waals surface area contributed by atoms with Gasteiger partial charge < -0.3 is 14.9 Å². The molecule has 78 valence electrons. The second-order valence-electron chi connectivity index (χ2n) is 3.53. The maximum absolute atomic E-state index is 8.62. The Morgan fingerprint density at radius 2 is 1.69 bits per heavy atom. The second-order valence-corrected chi connectivity index (χ2v) is 3.53. The molecule has 0 saturated carbocycles. The van der Waals surface area contributed by atoms with Crippen molar-refractivity contribution in [1.29, 1.82) is 0 Å². The molecule has 0 aromatic carbocycles. The van der Waals surface area contributed by atoms with Crippen LogP contribution in [0.2, 0.25) is 6.32 Å². The number of likely N-dealkylation sites (tertiary alicyclic amines) is 1. The lowest BCUT2D eigenvalue weighted by molar-refractivity contribution is 0.227. The molecule has 1 aliphatic heterocycles. The minimum Gasteiger partial charge on any atom is -0.427 e. The van der Waals surface area contributed by atoms with Crippen molar-refractivity contribution in [3.8, 4) is 0 Å². The summed E-state index contributed by atoms with van der Waals surface area (Å²) in [6, 6.07) is 0. The molecular formula is C8H19BClNO2. The van der Waals surface area contributed by atoms with Crippen LogP contribution in [-0.2, 0) is 0 Å². The van der Waals surface area contributed by atoms with E-state index in [0.717, 1.165) is 13.0 Å². The highest BCUT2D eigenvalue weighted by atomic mass is 35.5. The second kappa shape index (κ2) is 7.62. The molecular weight excluding hydrogens is 188 g/mol. The van der Waals surface area contributed by atoms with Crippen LogP contribution in [0, 0.1) is 0 Å². The third-order valence-electron chi connectivity index (χ3n) is 2.39. The van der Waals surface area contributed by atoms with Crippen LogP contribution in [0.5, 0.6) is 0 Å². The minimum atomic E-state index is -1.12. The molecule has 0 unspecified atom stereocenters. The molecule has 2 N–H and O–H groups in total. The monoisotopic (exact) mass is 207 g/mol. The Morgan fingerprint density at radius 3 is 2.23 bits per heavy atom. The van der Waals surface area contributed by atoms with Crippen molar-refractivity contribution in [2.45, 2.75) is 32.0 Å². The molecule has 1 rings (SSSR count). The summed E-state index contributed by atoms with van der Waals surface area (Å²) < 4.78 is 0. The zero-order valence-electron chi connectivity index (χ0n) is 7.98. The first-order valence-corrected chi connectivity index (χ1v) is 4.87. The average Bonchev–Trinajstić information content (AvgIpc) is 2.05. The molecule has 3 nitrogen and oxygen atoms in total. The quantitative estimate of drug-likeness (QED) is 0.669. The Morgan fingerprint density at radius 1 is 1.08 bits per heavy atom. The van der Waals surface area contributed by atoms with Gasteiger partial charge in [0.15, 0.2) is 0 Å². The van der Waals surface area contributed by atoms with Crippen LogP contribution in [0.25, 0.3) is 0 Å². The van der Waals surface area contributed by atoms with Gasteiger partial charge in [-0.3, -0.25) is 0 Å². The number of halogens is 1. The summed E-state index contributed by atoms with van der Waals surface area (Å²) in [6.45, 7) is 3.42. The number of hydrogen-bond donors (Lipinski definition) is 2. The van der Waals surface area contributed by atoms with Crippen LogP contribution in [0.3, 0.4) is 0 Å². The van der Waals surface area contributed by atoms with Gasteiger partial charge in [0.05, 0.1) is 0 Å². The predicted molar refractivity (Wildman–Crippen MR) is 57.2 cm³/mol. The highest BCUT2D eigenvalue weighted by Gasteiger charge is 2.11. The molecule has 0 atom stereocenters. The van der Waals surface area contributed by atoms with Crippen molar-refractivity contribution >= 4 is 19.5 Å². The van der Waals surface area contributed by atoms with Crippen molar-refractivity contribution in [3.63, 3.8) is 0 Å². The lowest BCUT2D eigenvalue weighted by atomic mass is 9.84. The van der Waals surface area contributed by atoms with Crippen molar-refractivity contribution in [2.75, 3.05) is 19.6 Å². The maximum Gasteiger partial charge on any atom is 0.451 e. The van der Waals surface area contributed by atoms with Gasteiger partial charge >= 0.3 is 7.12 Å². The van der Waals surface area contributed by atoms with E-state index >= 15 is 0 Å². The van der Waals surface area contributed by atoms with Gasteiger partial charge in [-0.1, -0.05) is 6.42 Å². The van der Waals surface area contributed by atoms with Gasteiger partial charge in [-0.2, -0.15) is 0 Å². The Labute approximate surface area is 86.7 Å². The van der Waals surface area contributed by atoms with Crippen LogP contribution < -0.4 is 0 Å². The van der Waals surface area contributed by atoms with Gasteiger partial charge in [0.25, 0.3) is 0 Å². The summed E-state index contributed by atoms with van der Waals surface area (Å²) in [7, 11) is -1.12. The zero-order valence-corrected chi connectivity index (χ0v) is 8.80. The van der Waals surface area contributed by atoms with E-state index in [1.165, 1.54) is 32.4 Å². The van der Waals surface area contributed by atoms with Crippen molar-refractivity contribution in [2.24, 2.45) is 0 Å². The predicted octanol–water partition coefficient (Wildman–Crippen LogP) is 0.757. The van der Waals surface area contributed by atoms with Crippen molar-refractivity contribution in [3.05, 3.63) is 0 Å². The van der Waals surface area contributed by atoms with Crippen LogP contribution in [0.1, 0.15) is 25.7 Å². The average molecular weight is 208 g/mol. The molecule has 13 heavy (non-hydrogen) atoms. The van der Waals surface area contributed by atoms with E-state index in [1.807, 2.05) is 0 Å². The smallest absolute Gasteiger partial charge is 0.427 e. The van der Waals surface area contributed by atoms with E-state index in [0.29, 0.717) is 6.32 Å². The van der Waals surface area contributed by atoms with Crippen LogP contribution in [0.4, 0.5) is 0 Å². The summed E-state index contributed by atoms with van der Waals surface area (Å²) >= 11 is 0. The van der Waals surface area contributed by atoms with E-state index in [9.17, 15) is 0 Å². The molecule has 1 aliphatic rings. The summed E-state index contributed by atoms with van der Waals surface area (Å²) in [6.07, 6.45) is 5.39. The Kier molecular flexibility index (Phi) is 7.76. The fraction of sp³-hybridized carbons (Fsp3) is 1.00. The third-order valence-corrected chi connectivity index (χ3v) is 2.39. The number of nitrogens with zero attached hydrogens (tertiary/aromatic N) is 1. The van der Waals surface area contributed by atoms with Crippen molar-refractivity contribution < 1.29 is 10.0 Å². The molecule has 0 aliphatic carbocycles. The molecule has 5 heteroatoms. The standard InChI is InChI=1S/C8H18BNO2.ClH/c11-9(12)5-4-8-10-6-2-1-3-7-10;/h11-12H,1-8H2;1H. The third kappa shape index (κ3) is 6.33. The Hall–Kier alpha value is 0.235. The van der Waals surface area contributed by atoms with E-state index in [1.54, 1.807) is 0 Å². The first-order chi connectivity index (χ1) is 5.79. The summed E-state index contributed by atoms with van der Waals surface area (Å²) in [5.41, 5.74) is 0. The van der Waals surface area contributed by atoms with Gasteiger partial charge in [-0.25, -0.2) is 0 Å². The van der Waals surface area contributed by atoms with Gasteiger partial charge in [-0.15, -0.1) is 12.4 Å². The Bertz CT molecular complexity index is 121. The molecule has 1 fully saturated rings. The summed E-state index contributed by atoms with van der Waals surface area (Å²) in [4.78, 5) is 2.41. The molecule has 0 spiro atoms. The zero-order chi connectivity index (χ0) is 8.81. The number of rotatable bonds is 4. The van der Waals surface area contributed by atoms with Gasteiger partial charge in [0.1, 0.15) is 0 Å². The molecule has 0 radical (unpaired) electrons. The lowest BCUT2D eigenvalue weighted by Crippen LogP contribution is -2.31. The lowest BCUT2D eigenvalue weighted by Gasteiger charge is -2.26. The SMILES string of the molecule is Cl.OB(O)CCCN1CCCCC1. The molecule has 0 aromatic heterocycles. The molecule has 1 saturated heterocycles. The fourth-order valence-electron chi connectivity index (χ4n) is 1.68. The topological polar surface area (TPSA) is 43.7 Å². The van der Waals surface area contributed by atoms with E-state index < -0.39 is 7.12 Å². The van der Waals surface area contributed by atoms with Gasteiger partial charge in [-0.05, 0) is 45.2 Å². The largest absolute Gasteiger partial charge is 0.451 e. The molecule has 1 heterocycles. The first kappa shape index (κ1) is 13.2. The normalized spacial score (nSPS) is 18.0. The molecule has 0 aromatic rings. The van der Waals surface area contributed by atoms with Crippen LogP contribution in [0.15, 0.2) is 0 Å². The van der Waals surface area contributed by atoms with E-state index in [2.05, 4.69) is 4.90 Å². The maximum atomic E-state index is 8.62. The first-order valence-electron chi connectivity index (χ1n) is 4.87. The van der Waals surface area contributed by atoms with Gasteiger partial charge in [0.2, 0.25) is 0 Å². The van der Waals surface area contributed by atoms with E-state index in [4.69, 9.17) is 10.0 Å². The Balaban J connectivity index is 0.00000144. The highest BCUT2D eigenvalue weighted by molar-refractivity contribution is 6.40. The molecule has 0 bridgehead atoms. The van der Waals surface area contributed by atoms with Crippen LogP contribution in [-0.4, -0.2) is 41.7 Å². The molecule has 0 amide bonds. The van der Waals surface area contributed by atoms with Crippen LogP contribution >= 0.6 is 12.4 Å². The van der Waals surface area contributed by atoms with Gasteiger partial charge in [0, 0.05) is 0 Å². The number of hydrogen-bond acceptors (Lipinski definition) is 3. The minimum absolute atomic E-state index is 0. The van der Waals surface area contributed by atoms with E-state index in [-0.39, 0.29) is 12.4 Å². The number of piperidine rings is 1. The summed E-state index contributed by atoms with van der Waals surface area (Å²) in [5, 5.41) is 17.2. The summed E-state index contributed by atoms with van der Waals surface area (Å²) in [5.74, 6) is 0. The fourth-order valence-corrected chi connectivity index (χ4v) is 1.68. The van der Waals surface area contributed by atoms with Crippen molar-refractivity contribution in [1.82, 2.24) is 4.90 Å².